The topological polar surface area (TPSA) is 62.8 Å². The minimum atomic E-state index is -0.159. The molecule has 1 unspecified atom stereocenters. The molecular weight excluding hydrogens is 390 g/mol. The molecule has 0 aliphatic carbocycles. The number of nitrogens with zero attached hydrogens (tertiary/aromatic N) is 1. The molecule has 1 atom stereocenters. The van der Waals surface area contributed by atoms with Crippen LogP contribution in [0.15, 0.2) is 54.6 Å². The van der Waals surface area contributed by atoms with Crippen molar-refractivity contribution < 1.29 is 14.3 Å². The Hall–Kier alpha value is -2.57. The normalized spacial score (nSPS) is 15.5. The fourth-order valence-corrected chi connectivity index (χ4v) is 3.69. The number of hydrogen-bond acceptors (Lipinski definition) is 4. The largest absolute Gasteiger partial charge is 0.492 e. The van der Waals surface area contributed by atoms with Crippen LogP contribution in [0.1, 0.15) is 37.4 Å². The average molecular weight is 426 g/mol. The highest BCUT2D eigenvalue weighted by Crippen LogP contribution is 2.21. The van der Waals surface area contributed by atoms with Crippen LogP contribution in [0.3, 0.4) is 0 Å². The molecule has 0 spiro atoms. The molecule has 6 heteroatoms. The van der Waals surface area contributed by atoms with E-state index in [1.165, 1.54) is 0 Å². The summed E-state index contributed by atoms with van der Waals surface area (Å²) in [6, 6.07) is 17.9. The van der Waals surface area contributed by atoms with E-state index >= 15 is 0 Å². The van der Waals surface area contributed by atoms with Crippen LogP contribution in [-0.2, 0) is 11.3 Å². The highest BCUT2D eigenvalue weighted by Gasteiger charge is 2.16. The van der Waals surface area contributed by atoms with Gasteiger partial charge in [-0.05, 0) is 35.6 Å². The molecule has 3 rings (SSSR count). The summed E-state index contributed by atoms with van der Waals surface area (Å²) in [6.45, 7) is 9.84. The summed E-state index contributed by atoms with van der Waals surface area (Å²) >= 11 is 0. The van der Waals surface area contributed by atoms with Crippen LogP contribution < -0.4 is 15.4 Å². The van der Waals surface area contributed by atoms with Crippen molar-refractivity contribution >= 4 is 6.03 Å². The Balaban J connectivity index is 1.46. The smallest absolute Gasteiger partial charge is 0.315 e. The van der Waals surface area contributed by atoms with Gasteiger partial charge in [-0.2, -0.15) is 0 Å². The number of benzene rings is 2. The first kappa shape index (κ1) is 23.1. The fourth-order valence-electron chi connectivity index (χ4n) is 3.69. The third kappa shape index (κ3) is 8.23. The van der Waals surface area contributed by atoms with Gasteiger partial charge in [0.1, 0.15) is 12.4 Å². The Labute approximate surface area is 185 Å². The number of amides is 2. The van der Waals surface area contributed by atoms with Gasteiger partial charge in [0.2, 0.25) is 0 Å². The van der Waals surface area contributed by atoms with E-state index in [1.54, 1.807) is 0 Å². The molecule has 1 aliphatic rings. The van der Waals surface area contributed by atoms with Crippen LogP contribution in [0.5, 0.6) is 5.75 Å². The van der Waals surface area contributed by atoms with E-state index in [4.69, 9.17) is 9.47 Å². The van der Waals surface area contributed by atoms with Crippen LogP contribution in [-0.4, -0.2) is 50.4 Å². The first-order valence-corrected chi connectivity index (χ1v) is 11.2. The number of ether oxygens (including phenoxy) is 2. The van der Waals surface area contributed by atoms with Crippen molar-refractivity contribution in [3.05, 3.63) is 65.7 Å². The number of carbonyl (C=O) groups excluding carboxylic acids is 1. The number of hydrogen-bond donors (Lipinski definition) is 2. The van der Waals surface area contributed by atoms with Gasteiger partial charge < -0.3 is 20.1 Å². The maximum Gasteiger partial charge on any atom is 0.315 e. The van der Waals surface area contributed by atoms with E-state index in [9.17, 15) is 4.79 Å². The molecule has 2 amide bonds. The molecule has 1 saturated heterocycles. The first-order valence-electron chi connectivity index (χ1n) is 11.2. The second-order valence-corrected chi connectivity index (χ2v) is 8.37. The zero-order valence-electron chi connectivity index (χ0n) is 18.7. The van der Waals surface area contributed by atoms with Gasteiger partial charge in [0.25, 0.3) is 0 Å². The zero-order chi connectivity index (χ0) is 21.9. The highest BCUT2D eigenvalue weighted by molar-refractivity contribution is 5.74. The fraction of sp³-hybridized carbons (Fsp3) is 0.480. The SMILES string of the molecule is CC(C)CC(NC(=O)NCc1cccc(OCCN2CCOCC2)c1)c1ccccc1. The molecule has 2 aromatic rings. The molecule has 0 aromatic heterocycles. The number of rotatable bonds is 10. The van der Waals surface area contributed by atoms with E-state index in [2.05, 4.69) is 41.5 Å². The standard InChI is InChI=1S/C25H35N3O3/c1-20(2)17-24(22-8-4-3-5-9-22)27-25(29)26-19-21-7-6-10-23(18-21)31-16-13-28-11-14-30-15-12-28/h3-10,18,20,24H,11-17,19H2,1-2H3,(H2,26,27,29). The van der Waals surface area contributed by atoms with E-state index in [0.717, 1.165) is 56.1 Å². The molecule has 1 aliphatic heterocycles. The minimum absolute atomic E-state index is 0.00365. The van der Waals surface area contributed by atoms with E-state index in [0.29, 0.717) is 19.1 Å². The van der Waals surface area contributed by atoms with Crippen LogP contribution in [0.25, 0.3) is 0 Å². The van der Waals surface area contributed by atoms with Gasteiger partial charge in [0, 0.05) is 26.2 Å². The van der Waals surface area contributed by atoms with Gasteiger partial charge in [0.15, 0.2) is 0 Å². The molecule has 6 nitrogen and oxygen atoms in total. The molecule has 0 bridgehead atoms. The lowest BCUT2D eigenvalue weighted by atomic mass is 9.97. The van der Waals surface area contributed by atoms with E-state index < -0.39 is 0 Å². The first-order chi connectivity index (χ1) is 15.1. The van der Waals surface area contributed by atoms with E-state index in [-0.39, 0.29) is 12.1 Å². The monoisotopic (exact) mass is 425 g/mol. The Morgan fingerprint density at radius 3 is 2.61 bits per heavy atom. The number of carbonyl (C=O) groups is 1. The Bertz CT molecular complexity index is 792. The predicted molar refractivity (Wildman–Crippen MR) is 123 cm³/mol. The predicted octanol–water partition coefficient (Wildman–Crippen LogP) is 3.98. The van der Waals surface area contributed by atoms with Crippen LogP contribution in [0.4, 0.5) is 4.79 Å². The summed E-state index contributed by atoms with van der Waals surface area (Å²) in [4.78, 5) is 14.9. The highest BCUT2D eigenvalue weighted by atomic mass is 16.5. The number of urea groups is 1. The molecule has 31 heavy (non-hydrogen) atoms. The van der Waals surface area contributed by atoms with Gasteiger partial charge in [-0.3, -0.25) is 4.90 Å². The van der Waals surface area contributed by atoms with Gasteiger partial charge in [0.05, 0.1) is 19.3 Å². The van der Waals surface area contributed by atoms with Crippen LogP contribution in [0.2, 0.25) is 0 Å². The van der Waals surface area contributed by atoms with Crippen molar-refractivity contribution in [3.63, 3.8) is 0 Å². The second kappa shape index (κ2) is 12.3. The molecule has 2 aromatic carbocycles. The summed E-state index contributed by atoms with van der Waals surface area (Å²) in [6.07, 6.45) is 0.893. The number of morpholine rings is 1. The minimum Gasteiger partial charge on any atom is -0.492 e. The van der Waals surface area contributed by atoms with Crippen LogP contribution >= 0.6 is 0 Å². The maximum atomic E-state index is 12.5. The lowest BCUT2D eigenvalue weighted by molar-refractivity contribution is 0.0322. The number of nitrogens with one attached hydrogen (secondary N) is 2. The summed E-state index contributed by atoms with van der Waals surface area (Å²) < 4.78 is 11.3. The Morgan fingerprint density at radius 2 is 1.87 bits per heavy atom. The molecule has 1 fully saturated rings. The molecule has 168 valence electrons. The van der Waals surface area contributed by atoms with Gasteiger partial charge >= 0.3 is 6.03 Å². The maximum absolute atomic E-state index is 12.5. The molecule has 0 radical (unpaired) electrons. The van der Waals surface area contributed by atoms with Crippen molar-refractivity contribution in [2.24, 2.45) is 5.92 Å². The quantitative estimate of drug-likeness (QED) is 0.604. The Morgan fingerprint density at radius 1 is 1.10 bits per heavy atom. The molecule has 0 saturated carbocycles. The average Bonchev–Trinajstić information content (AvgIpc) is 2.79. The van der Waals surface area contributed by atoms with Crippen molar-refractivity contribution in [2.45, 2.75) is 32.9 Å². The van der Waals surface area contributed by atoms with Gasteiger partial charge in [-0.15, -0.1) is 0 Å². The lowest BCUT2D eigenvalue weighted by Gasteiger charge is -2.26. The molecule has 1 heterocycles. The summed E-state index contributed by atoms with van der Waals surface area (Å²) in [5.74, 6) is 1.31. The third-order valence-corrected chi connectivity index (χ3v) is 5.35. The second-order valence-electron chi connectivity index (χ2n) is 8.37. The van der Waals surface area contributed by atoms with Gasteiger partial charge in [-0.25, -0.2) is 4.79 Å². The van der Waals surface area contributed by atoms with Crippen molar-refractivity contribution in [2.75, 3.05) is 39.5 Å². The lowest BCUT2D eigenvalue weighted by Crippen LogP contribution is -2.38. The zero-order valence-corrected chi connectivity index (χ0v) is 18.7. The molecular formula is C25H35N3O3. The van der Waals surface area contributed by atoms with E-state index in [1.807, 2.05) is 42.5 Å². The van der Waals surface area contributed by atoms with Gasteiger partial charge in [-0.1, -0.05) is 56.3 Å². The third-order valence-electron chi connectivity index (χ3n) is 5.35. The van der Waals surface area contributed by atoms with Crippen molar-refractivity contribution in [3.8, 4) is 5.75 Å². The van der Waals surface area contributed by atoms with Crippen LogP contribution in [0, 0.1) is 5.92 Å². The molecule has 2 N–H and O–H groups in total. The van der Waals surface area contributed by atoms with Crippen molar-refractivity contribution in [1.82, 2.24) is 15.5 Å². The Kier molecular flexibility index (Phi) is 9.18. The summed E-state index contributed by atoms with van der Waals surface area (Å²) in [5.41, 5.74) is 2.14. The summed E-state index contributed by atoms with van der Waals surface area (Å²) in [7, 11) is 0. The summed E-state index contributed by atoms with van der Waals surface area (Å²) in [5, 5.41) is 6.10. The van der Waals surface area contributed by atoms with Crippen molar-refractivity contribution in [1.29, 1.82) is 0 Å².